The molecule has 0 unspecified atom stereocenters. The van der Waals surface area contributed by atoms with Crippen LogP contribution < -0.4 is 0 Å². The van der Waals surface area contributed by atoms with Crippen molar-refractivity contribution >= 4 is 26.8 Å². The molecule has 6 nitrogen and oxygen atoms in total. The maximum atomic E-state index is 13.0. The Hall–Kier alpha value is -2.71. The summed E-state index contributed by atoms with van der Waals surface area (Å²) < 4.78 is 39.7. The van der Waals surface area contributed by atoms with Crippen molar-refractivity contribution < 1.29 is 17.6 Å². The van der Waals surface area contributed by atoms with Gasteiger partial charge in [-0.3, -0.25) is 4.79 Å². The third-order valence-corrected chi connectivity index (χ3v) is 6.65. The number of hydrogen-bond donors (Lipinski definition) is 1. The Balaban J connectivity index is 1.46. The number of amides is 1. The number of fused-ring (bicyclic) bond motifs is 1. The van der Waals surface area contributed by atoms with Gasteiger partial charge >= 0.3 is 0 Å². The first kappa shape index (κ1) is 17.7. The number of benzene rings is 2. The highest BCUT2D eigenvalue weighted by Gasteiger charge is 2.30. The summed E-state index contributed by atoms with van der Waals surface area (Å²) in [6, 6.07) is 14.2. The third kappa shape index (κ3) is 3.33. The molecule has 140 valence electrons. The molecule has 1 amide bonds. The van der Waals surface area contributed by atoms with E-state index in [1.165, 1.54) is 16.4 Å². The van der Waals surface area contributed by atoms with E-state index in [1.54, 1.807) is 11.0 Å². The van der Waals surface area contributed by atoms with Gasteiger partial charge in [-0.05, 0) is 36.4 Å². The van der Waals surface area contributed by atoms with Crippen molar-refractivity contribution in [3.8, 4) is 0 Å². The highest BCUT2D eigenvalue weighted by Crippen LogP contribution is 2.20. The number of nitrogens with one attached hydrogen (secondary N) is 1. The van der Waals surface area contributed by atoms with Crippen LogP contribution in [0.4, 0.5) is 4.39 Å². The average molecular weight is 387 g/mol. The second-order valence-electron chi connectivity index (χ2n) is 6.42. The number of hydrogen-bond acceptors (Lipinski definition) is 3. The van der Waals surface area contributed by atoms with Crippen molar-refractivity contribution in [2.24, 2.45) is 0 Å². The summed E-state index contributed by atoms with van der Waals surface area (Å²) >= 11 is 0. The second-order valence-corrected chi connectivity index (χ2v) is 8.36. The summed E-state index contributed by atoms with van der Waals surface area (Å²) in [7, 11) is -3.69. The molecule has 4 rings (SSSR count). The molecule has 2 aromatic carbocycles. The third-order valence-electron chi connectivity index (χ3n) is 4.74. The molecule has 3 aromatic rings. The minimum absolute atomic E-state index is 0.0549. The highest BCUT2D eigenvalue weighted by molar-refractivity contribution is 7.89. The lowest BCUT2D eigenvalue weighted by Gasteiger charge is -2.33. The highest BCUT2D eigenvalue weighted by atomic mass is 32.2. The number of halogens is 1. The molecule has 1 N–H and O–H groups in total. The van der Waals surface area contributed by atoms with Crippen LogP contribution in [0.2, 0.25) is 0 Å². The molecule has 1 aromatic heterocycles. The van der Waals surface area contributed by atoms with Crippen molar-refractivity contribution in [1.82, 2.24) is 14.2 Å². The summed E-state index contributed by atoms with van der Waals surface area (Å²) in [6.45, 7) is 1.00. The Bertz CT molecular complexity index is 1050. The van der Waals surface area contributed by atoms with Gasteiger partial charge < -0.3 is 9.88 Å². The van der Waals surface area contributed by atoms with Crippen molar-refractivity contribution in [2.75, 3.05) is 26.2 Å². The standard InChI is InChI=1S/C19H18FN3O3S/c20-15-5-7-16(8-6-15)27(25,26)23-11-9-22(10-12-23)19(24)18-13-14-3-1-2-4-17(14)21-18/h1-8,13,21H,9-12H2. The molecule has 0 saturated carbocycles. The molecule has 27 heavy (non-hydrogen) atoms. The van der Waals surface area contributed by atoms with Gasteiger partial charge in [-0.15, -0.1) is 0 Å². The van der Waals surface area contributed by atoms with E-state index in [4.69, 9.17) is 0 Å². The molecule has 1 saturated heterocycles. The van der Waals surface area contributed by atoms with Crippen LogP contribution in [0.5, 0.6) is 0 Å². The Morgan fingerprint density at radius 2 is 1.63 bits per heavy atom. The van der Waals surface area contributed by atoms with Crippen LogP contribution in [0, 0.1) is 5.82 Å². The minimum atomic E-state index is -3.69. The molecule has 0 bridgehead atoms. The molecule has 0 radical (unpaired) electrons. The van der Waals surface area contributed by atoms with Crippen LogP contribution in [0.3, 0.4) is 0 Å². The molecule has 8 heteroatoms. The van der Waals surface area contributed by atoms with Crippen LogP contribution in [0.15, 0.2) is 59.5 Å². The molecule has 0 aliphatic carbocycles. The Morgan fingerprint density at radius 3 is 2.30 bits per heavy atom. The Labute approximate surface area is 156 Å². The number of piperazine rings is 1. The lowest BCUT2D eigenvalue weighted by atomic mass is 10.2. The number of aromatic nitrogens is 1. The number of para-hydroxylation sites is 1. The fourth-order valence-electron chi connectivity index (χ4n) is 3.25. The van der Waals surface area contributed by atoms with E-state index in [0.717, 1.165) is 23.0 Å². The predicted molar refractivity (Wildman–Crippen MR) is 99.4 cm³/mol. The minimum Gasteiger partial charge on any atom is -0.351 e. The molecular formula is C19H18FN3O3S. The van der Waals surface area contributed by atoms with Gasteiger partial charge in [0.1, 0.15) is 11.5 Å². The monoisotopic (exact) mass is 387 g/mol. The summed E-state index contributed by atoms with van der Waals surface area (Å²) in [6.07, 6.45) is 0. The van der Waals surface area contributed by atoms with Crippen LogP contribution in [-0.2, 0) is 10.0 Å². The average Bonchev–Trinajstić information content (AvgIpc) is 3.12. The largest absolute Gasteiger partial charge is 0.351 e. The van der Waals surface area contributed by atoms with Gasteiger partial charge in [0.2, 0.25) is 10.0 Å². The van der Waals surface area contributed by atoms with Crippen molar-refractivity contribution in [2.45, 2.75) is 4.90 Å². The first-order valence-electron chi connectivity index (χ1n) is 8.58. The zero-order valence-corrected chi connectivity index (χ0v) is 15.2. The summed E-state index contributed by atoms with van der Waals surface area (Å²) in [5, 5.41) is 0.957. The van der Waals surface area contributed by atoms with E-state index >= 15 is 0 Å². The number of rotatable bonds is 3. The fraction of sp³-hybridized carbons (Fsp3) is 0.211. The summed E-state index contributed by atoms with van der Waals surface area (Å²) in [5.41, 5.74) is 1.38. The molecule has 1 aliphatic heterocycles. The first-order valence-corrected chi connectivity index (χ1v) is 10.0. The van der Waals surface area contributed by atoms with Gasteiger partial charge in [-0.1, -0.05) is 18.2 Å². The Morgan fingerprint density at radius 1 is 0.963 bits per heavy atom. The van der Waals surface area contributed by atoms with Crippen LogP contribution >= 0.6 is 0 Å². The molecule has 0 spiro atoms. The second kappa shape index (κ2) is 6.79. The summed E-state index contributed by atoms with van der Waals surface area (Å²) in [5.74, 6) is -0.632. The Kier molecular flexibility index (Phi) is 4.45. The zero-order valence-electron chi connectivity index (χ0n) is 14.4. The van der Waals surface area contributed by atoms with Crippen molar-refractivity contribution in [1.29, 1.82) is 0 Å². The molecule has 0 atom stereocenters. The SMILES string of the molecule is O=C(c1cc2ccccc2[nH]1)N1CCN(S(=O)(=O)c2ccc(F)cc2)CC1. The molecule has 1 aliphatic rings. The molecule has 1 fully saturated rings. The van der Waals surface area contributed by atoms with Gasteiger partial charge in [-0.25, -0.2) is 12.8 Å². The summed E-state index contributed by atoms with van der Waals surface area (Å²) in [4.78, 5) is 17.5. The lowest BCUT2D eigenvalue weighted by molar-refractivity contribution is 0.0693. The number of sulfonamides is 1. The maximum Gasteiger partial charge on any atom is 0.270 e. The number of aromatic amines is 1. The fourth-order valence-corrected chi connectivity index (χ4v) is 4.67. The van der Waals surface area contributed by atoms with E-state index in [0.29, 0.717) is 18.8 Å². The van der Waals surface area contributed by atoms with Crippen molar-refractivity contribution in [3.05, 3.63) is 66.1 Å². The van der Waals surface area contributed by atoms with Gasteiger partial charge in [0.25, 0.3) is 5.91 Å². The van der Waals surface area contributed by atoms with Gasteiger partial charge in [0.05, 0.1) is 4.90 Å². The van der Waals surface area contributed by atoms with Crippen LogP contribution in [-0.4, -0.2) is 54.7 Å². The van der Waals surface area contributed by atoms with Gasteiger partial charge in [0, 0.05) is 37.1 Å². The maximum absolute atomic E-state index is 13.0. The van der Waals surface area contributed by atoms with Gasteiger partial charge in [-0.2, -0.15) is 4.31 Å². The van der Waals surface area contributed by atoms with Crippen LogP contribution in [0.25, 0.3) is 10.9 Å². The van der Waals surface area contributed by atoms with Gasteiger partial charge in [0.15, 0.2) is 0 Å². The van der Waals surface area contributed by atoms with E-state index in [9.17, 15) is 17.6 Å². The molecular weight excluding hydrogens is 369 g/mol. The number of carbonyl (C=O) groups is 1. The number of H-pyrrole nitrogens is 1. The number of carbonyl (C=O) groups excluding carboxylic acids is 1. The van der Waals surface area contributed by atoms with E-state index in [2.05, 4.69) is 4.98 Å². The number of nitrogens with zero attached hydrogens (tertiary/aromatic N) is 2. The smallest absolute Gasteiger partial charge is 0.270 e. The molecule has 2 heterocycles. The zero-order chi connectivity index (χ0) is 19.0. The quantitative estimate of drug-likeness (QED) is 0.750. The topological polar surface area (TPSA) is 73.5 Å². The van der Waals surface area contributed by atoms with E-state index in [-0.39, 0.29) is 23.9 Å². The van der Waals surface area contributed by atoms with E-state index in [1.807, 2.05) is 24.3 Å². The lowest BCUT2D eigenvalue weighted by Crippen LogP contribution is -2.50. The normalized spacial score (nSPS) is 16.0. The van der Waals surface area contributed by atoms with Crippen LogP contribution in [0.1, 0.15) is 10.5 Å². The van der Waals surface area contributed by atoms with Crippen molar-refractivity contribution in [3.63, 3.8) is 0 Å². The predicted octanol–water partition coefficient (Wildman–Crippen LogP) is 2.45. The first-order chi connectivity index (χ1) is 12.9. The van der Waals surface area contributed by atoms with E-state index < -0.39 is 15.8 Å².